The highest BCUT2D eigenvalue weighted by Crippen LogP contribution is 2.47. The zero-order chi connectivity index (χ0) is 45.7. The number of hydrogen-bond donors (Lipinski definition) is 6. The Kier molecular flexibility index (Phi) is 35.5. The van der Waals surface area contributed by atoms with Gasteiger partial charge in [0, 0.05) is 12.8 Å². The van der Waals surface area contributed by atoms with E-state index in [1.165, 1.54) is 77.0 Å². The summed E-state index contributed by atoms with van der Waals surface area (Å²) in [5.74, 6) is -1.12. The molecule has 6 N–H and O–H groups in total. The number of carbonyl (C=O) groups is 2. The second-order valence-electron chi connectivity index (χ2n) is 16.6. The van der Waals surface area contributed by atoms with E-state index in [1.807, 2.05) is 0 Å². The molecule has 13 nitrogen and oxygen atoms in total. The number of esters is 2. The first kappa shape index (κ1) is 57.8. The Morgan fingerprint density at radius 2 is 0.919 bits per heavy atom. The molecule has 0 amide bonds. The van der Waals surface area contributed by atoms with Crippen molar-refractivity contribution in [1.82, 2.24) is 0 Å². The molecule has 6 unspecified atom stereocenters. The topological polar surface area (TPSA) is 210 Å². The van der Waals surface area contributed by atoms with Gasteiger partial charge in [-0.25, -0.2) is 4.57 Å². The number of carbonyl (C=O) groups excluding carboxylic acids is 2. The average Bonchev–Trinajstić information content (AvgIpc) is 3.25. The molecule has 1 aliphatic carbocycles. The Morgan fingerprint density at radius 1 is 0.516 bits per heavy atom. The van der Waals surface area contributed by atoms with Crippen LogP contribution in [0.3, 0.4) is 0 Å². The standard InChI is InChI=1S/C48H85O13P/c1-3-5-7-9-11-13-15-17-19-21-23-25-27-29-31-33-35-37-42(50)60-40(39-59-62(56,57)61-48-46(54)44(52)43(51)45(53)47(48)55)38-58-41(49)36-34-32-30-28-26-24-22-20-18-16-14-12-10-8-6-4-2/h5,7,11,13,17,19,23,25,40,43-48,51-55H,3-4,6,8-10,12,14-16,18,20-22,24,26-39H2,1-2H3,(H,56,57). The molecule has 0 bridgehead atoms. The van der Waals surface area contributed by atoms with Crippen LogP contribution >= 0.6 is 7.82 Å². The van der Waals surface area contributed by atoms with E-state index in [2.05, 4.69) is 62.5 Å². The third kappa shape index (κ3) is 30.0. The van der Waals surface area contributed by atoms with E-state index in [9.17, 15) is 44.6 Å². The molecule has 1 rings (SSSR count). The largest absolute Gasteiger partial charge is 0.472 e. The summed E-state index contributed by atoms with van der Waals surface area (Å²) >= 11 is 0. The maximum absolute atomic E-state index is 12.8. The van der Waals surface area contributed by atoms with Gasteiger partial charge in [0.05, 0.1) is 6.61 Å². The summed E-state index contributed by atoms with van der Waals surface area (Å²) in [6, 6.07) is 0. The van der Waals surface area contributed by atoms with Crippen molar-refractivity contribution in [1.29, 1.82) is 0 Å². The van der Waals surface area contributed by atoms with E-state index in [0.717, 1.165) is 70.6 Å². The minimum Gasteiger partial charge on any atom is -0.462 e. The van der Waals surface area contributed by atoms with Crippen LogP contribution in [-0.4, -0.2) is 98.3 Å². The highest BCUT2D eigenvalue weighted by atomic mass is 31.2. The summed E-state index contributed by atoms with van der Waals surface area (Å²) in [7, 11) is -5.13. The van der Waals surface area contributed by atoms with Gasteiger partial charge in [0.25, 0.3) is 0 Å². The number of aliphatic hydroxyl groups is 5. The van der Waals surface area contributed by atoms with Crippen molar-refractivity contribution in [2.24, 2.45) is 0 Å². The Morgan fingerprint density at radius 3 is 1.40 bits per heavy atom. The van der Waals surface area contributed by atoms with E-state index < -0.39 is 75.7 Å². The van der Waals surface area contributed by atoms with Gasteiger partial charge in [0.2, 0.25) is 0 Å². The van der Waals surface area contributed by atoms with E-state index in [4.69, 9.17) is 18.5 Å². The van der Waals surface area contributed by atoms with Crippen molar-refractivity contribution in [2.75, 3.05) is 13.2 Å². The Labute approximate surface area is 373 Å². The zero-order valence-corrected chi connectivity index (χ0v) is 39.0. The maximum Gasteiger partial charge on any atom is 0.472 e. The molecule has 62 heavy (non-hydrogen) atoms. The van der Waals surface area contributed by atoms with Crippen LogP contribution in [0.2, 0.25) is 0 Å². The van der Waals surface area contributed by atoms with Crippen LogP contribution in [0.1, 0.15) is 187 Å². The number of ether oxygens (including phenoxy) is 2. The van der Waals surface area contributed by atoms with Crippen LogP contribution in [0.5, 0.6) is 0 Å². The fourth-order valence-electron chi connectivity index (χ4n) is 7.10. The molecule has 0 radical (unpaired) electrons. The number of rotatable bonds is 39. The minimum absolute atomic E-state index is 0.0689. The SMILES string of the molecule is CCC=CCC=CCC=CCC=CCCCCCCC(=O)OC(COC(=O)CCCCCCCCCCCCCCCCCC)COP(=O)(O)OC1C(O)C(O)C(O)C(O)C1O. The second-order valence-corrected chi connectivity index (χ2v) is 18.0. The van der Waals surface area contributed by atoms with Gasteiger partial charge in [-0.2, -0.15) is 0 Å². The molecule has 1 saturated carbocycles. The van der Waals surface area contributed by atoms with Gasteiger partial charge in [-0.3, -0.25) is 18.6 Å². The zero-order valence-electron chi connectivity index (χ0n) is 38.2. The van der Waals surface area contributed by atoms with Crippen molar-refractivity contribution < 1.29 is 63.1 Å². The van der Waals surface area contributed by atoms with Gasteiger partial charge < -0.3 is 39.9 Å². The average molecular weight is 901 g/mol. The molecule has 360 valence electrons. The third-order valence-electron chi connectivity index (χ3n) is 10.9. The van der Waals surface area contributed by atoms with Gasteiger partial charge in [0.1, 0.15) is 43.2 Å². The number of allylic oxidation sites excluding steroid dienone is 8. The van der Waals surface area contributed by atoms with Crippen LogP contribution in [0.25, 0.3) is 0 Å². The van der Waals surface area contributed by atoms with Gasteiger partial charge in [-0.1, -0.05) is 172 Å². The van der Waals surface area contributed by atoms with Crippen LogP contribution < -0.4 is 0 Å². The van der Waals surface area contributed by atoms with Crippen LogP contribution in [-0.2, 0) is 32.7 Å². The molecule has 0 aromatic carbocycles. The molecular formula is C48H85O13P. The van der Waals surface area contributed by atoms with E-state index in [1.54, 1.807) is 0 Å². The minimum atomic E-state index is -5.13. The van der Waals surface area contributed by atoms with Crippen molar-refractivity contribution in [3.8, 4) is 0 Å². The molecule has 0 aromatic heterocycles. The number of phosphoric ester groups is 1. The predicted octanol–water partition coefficient (Wildman–Crippen LogP) is 9.56. The Bertz CT molecular complexity index is 1270. The molecule has 14 heteroatoms. The lowest BCUT2D eigenvalue weighted by atomic mass is 9.85. The van der Waals surface area contributed by atoms with Crippen LogP contribution in [0.4, 0.5) is 0 Å². The van der Waals surface area contributed by atoms with Crippen molar-refractivity contribution >= 4 is 19.8 Å². The molecule has 0 saturated heterocycles. The fourth-order valence-corrected chi connectivity index (χ4v) is 8.07. The first-order valence-corrected chi connectivity index (χ1v) is 25.4. The van der Waals surface area contributed by atoms with Crippen LogP contribution in [0.15, 0.2) is 48.6 Å². The quantitative estimate of drug-likeness (QED) is 0.0147. The molecule has 1 fully saturated rings. The Hall–Kier alpha value is -2.19. The molecule has 0 spiro atoms. The molecule has 0 aromatic rings. The Balaban J connectivity index is 2.46. The normalized spacial score (nSPS) is 22.3. The number of phosphoric acid groups is 1. The van der Waals surface area contributed by atoms with Gasteiger partial charge in [0.15, 0.2) is 6.10 Å². The lowest BCUT2D eigenvalue weighted by Crippen LogP contribution is -2.64. The molecule has 1 aliphatic rings. The number of aliphatic hydroxyl groups excluding tert-OH is 5. The lowest BCUT2D eigenvalue weighted by molar-refractivity contribution is -0.220. The van der Waals surface area contributed by atoms with E-state index in [-0.39, 0.29) is 12.8 Å². The van der Waals surface area contributed by atoms with Gasteiger partial charge in [-0.15, -0.1) is 0 Å². The number of unbranched alkanes of at least 4 members (excludes halogenated alkanes) is 19. The van der Waals surface area contributed by atoms with Gasteiger partial charge >= 0.3 is 19.8 Å². The summed E-state index contributed by atoms with van der Waals surface area (Å²) in [5, 5.41) is 50.2. The van der Waals surface area contributed by atoms with Crippen LogP contribution in [0, 0.1) is 0 Å². The monoisotopic (exact) mass is 901 g/mol. The molecule has 6 atom stereocenters. The van der Waals surface area contributed by atoms with E-state index >= 15 is 0 Å². The van der Waals surface area contributed by atoms with Crippen molar-refractivity contribution in [3.05, 3.63) is 48.6 Å². The number of hydrogen-bond acceptors (Lipinski definition) is 12. The third-order valence-corrected chi connectivity index (χ3v) is 11.9. The predicted molar refractivity (Wildman–Crippen MR) is 244 cm³/mol. The molecule has 0 aliphatic heterocycles. The van der Waals surface area contributed by atoms with Crippen molar-refractivity contribution in [2.45, 2.75) is 230 Å². The lowest BCUT2D eigenvalue weighted by Gasteiger charge is -2.41. The smallest absolute Gasteiger partial charge is 0.462 e. The van der Waals surface area contributed by atoms with Crippen molar-refractivity contribution in [3.63, 3.8) is 0 Å². The first-order valence-electron chi connectivity index (χ1n) is 23.9. The summed E-state index contributed by atoms with van der Waals surface area (Å²) in [5.41, 5.74) is 0. The first-order chi connectivity index (χ1) is 29.9. The highest BCUT2D eigenvalue weighted by Gasteiger charge is 2.51. The summed E-state index contributed by atoms with van der Waals surface area (Å²) in [6.07, 6.45) is 31.6. The summed E-state index contributed by atoms with van der Waals surface area (Å²) < 4.78 is 33.5. The fraction of sp³-hybridized carbons (Fsp3) is 0.792. The van der Waals surface area contributed by atoms with Gasteiger partial charge in [-0.05, 0) is 51.4 Å². The maximum atomic E-state index is 12.8. The molecule has 0 heterocycles. The summed E-state index contributed by atoms with van der Waals surface area (Å²) in [6.45, 7) is 3.18. The highest BCUT2D eigenvalue weighted by molar-refractivity contribution is 7.47. The second kappa shape index (κ2) is 38.1. The summed E-state index contributed by atoms with van der Waals surface area (Å²) in [4.78, 5) is 35.7. The molecular weight excluding hydrogens is 815 g/mol. The van der Waals surface area contributed by atoms with E-state index in [0.29, 0.717) is 12.8 Å².